The fraction of sp³-hybridized carbons (Fsp3) is 0.462. The molecule has 0 saturated carbocycles. The van der Waals surface area contributed by atoms with E-state index in [1.165, 1.54) is 36.7 Å². The second-order valence-electron chi connectivity index (χ2n) is 8.57. The first-order valence-electron chi connectivity index (χ1n) is 12.7. The van der Waals surface area contributed by atoms with Crippen molar-refractivity contribution in [3.05, 3.63) is 35.4 Å². The Morgan fingerprint density at radius 1 is 0.605 bits per heavy atom. The molecule has 0 unspecified atom stereocenters. The maximum Gasteiger partial charge on any atom is 2.00 e. The van der Waals surface area contributed by atoms with Crippen LogP contribution in [0.2, 0.25) is 12.1 Å². The number of phenols is 4. The molecule has 2 aromatic carbocycles. The predicted molar refractivity (Wildman–Crippen MR) is 156 cm³/mol. The molecule has 0 spiro atoms. The summed E-state index contributed by atoms with van der Waals surface area (Å²) in [6.07, 6.45) is 4.10. The summed E-state index contributed by atoms with van der Waals surface area (Å²) in [5.74, 6) is -3.49. The van der Waals surface area contributed by atoms with E-state index in [1.807, 2.05) is 0 Å². The van der Waals surface area contributed by atoms with Gasteiger partial charge in [-0.05, 0) is 36.1 Å². The van der Waals surface area contributed by atoms with E-state index < -0.39 is 52.1 Å². The Labute approximate surface area is 264 Å². The van der Waals surface area contributed by atoms with Crippen molar-refractivity contribution in [3.8, 4) is 34.5 Å². The molecule has 1 radical (unpaired) electrons. The number of benzene rings is 2. The van der Waals surface area contributed by atoms with Crippen molar-refractivity contribution in [1.29, 1.82) is 0 Å². The van der Waals surface area contributed by atoms with Gasteiger partial charge in [0.2, 0.25) is 0 Å². The molecule has 0 aromatic heterocycles. The Balaban J connectivity index is 0.000000802. The van der Waals surface area contributed by atoms with Crippen LogP contribution in [0.5, 0.6) is 34.5 Å². The summed E-state index contributed by atoms with van der Waals surface area (Å²) in [4.78, 5) is 8.23. The van der Waals surface area contributed by atoms with Crippen molar-refractivity contribution in [2.45, 2.75) is 24.9 Å². The van der Waals surface area contributed by atoms with Gasteiger partial charge in [0, 0.05) is 80.3 Å². The number of hydrogen-bond donors (Lipinski definition) is 4. The van der Waals surface area contributed by atoms with Crippen LogP contribution in [0.15, 0.2) is 34.3 Å². The van der Waals surface area contributed by atoms with Gasteiger partial charge in [-0.1, -0.05) is 23.6 Å². The molecule has 2 aromatic rings. The summed E-state index contributed by atoms with van der Waals surface area (Å²) < 4.78 is 31.7. The van der Waals surface area contributed by atoms with E-state index in [9.17, 15) is 30.6 Å². The third-order valence-corrected chi connectivity index (χ3v) is 11.8. The van der Waals surface area contributed by atoms with Crippen molar-refractivity contribution in [1.82, 2.24) is 0 Å². The third-order valence-electron chi connectivity index (χ3n) is 6.15. The monoisotopic (exact) mass is 691 g/mol. The van der Waals surface area contributed by atoms with Gasteiger partial charge in [-0.15, -0.1) is 0 Å². The molecule has 0 saturated heterocycles. The molecule has 0 fully saturated rings. The van der Waals surface area contributed by atoms with Crippen LogP contribution in [-0.2, 0) is 43.6 Å². The Hall–Kier alpha value is -2.71. The molecule has 0 heterocycles. The molecule has 0 aliphatic carbocycles. The molecule has 245 valence electrons. The van der Waals surface area contributed by atoms with Gasteiger partial charge in [0.1, 0.15) is 11.5 Å². The zero-order valence-corrected chi connectivity index (χ0v) is 27.9. The molecule has 17 heteroatoms. The first-order chi connectivity index (χ1) is 20.0. The molecule has 2 rings (SSSR count). The smallest absolute Gasteiger partial charge is 0.869 e. The van der Waals surface area contributed by atoms with Crippen molar-refractivity contribution >= 4 is 30.0 Å². The van der Waals surface area contributed by atoms with Crippen molar-refractivity contribution in [2.75, 3.05) is 55.7 Å². The van der Waals surface area contributed by atoms with E-state index >= 15 is 0 Å². The predicted octanol–water partition coefficient (Wildman–Crippen LogP) is 1.71. The molecule has 0 atom stereocenters. The van der Waals surface area contributed by atoms with E-state index in [-0.39, 0.29) is 28.2 Å². The second kappa shape index (κ2) is 20.3. The van der Waals surface area contributed by atoms with Gasteiger partial charge in [-0.3, -0.25) is 9.98 Å². The summed E-state index contributed by atoms with van der Waals surface area (Å²) in [6.45, 7) is 0.928. The zero-order chi connectivity index (χ0) is 31.8. The second-order valence-corrected chi connectivity index (χ2v) is 14.8. The van der Waals surface area contributed by atoms with Crippen LogP contribution in [0.4, 0.5) is 0 Å². The van der Waals surface area contributed by atoms with Crippen LogP contribution in [0.1, 0.15) is 24.0 Å². The zero-order valence-electron chi connectivity index (χ0n) is 25.0. The molecular formula is C26H40CuN2O12Si2. The Morgan fingerprint density at radius 2 is 0.907 bits per heavy atom. The summed E-state index contributed by atoms with van der Waals surface area (Å²) in [5.41, 5.74) is 0.443. The Bertz CT molecular complexity index is 1060. The molecule has 14 nitrogen and oxygen atoms in total. The molecule has 0 aliphatic rings. The van der Waals surface area contributed by atoms with E-state index in [2.05, 4.69) is 9.98 Å². The number of phenolic OH excluding ortho intramolecular Hbond substituents is 4. The van der Waals surface area contributed by atoms with Gasteiger partial charge in [0.15, 0.2) is 11.5 Å². The van der Waals surface area contributed by atoms with Crippen molar-refractivity contribution < 1.29 is 74.3 Å². The first-order valence-corrected chi connectivity index (χ1v) is 16.6. The van der Waals surface area contributed by atoms with Crippen LogP contribution in [-0.4, -0.2) is 106 Å². The van der Waals surface area contributed by atoms with Crippen molar-refractivity contribution in [2.24, 2.45) is 9.98 Å². The van der Waals surface area contributed by atoms with Gasteiger partial charge < -0.3 is 57.2 Å². The molecular weight excluding hydrogens is 652 g/mol. The minimum atomic E-state index is -2.58. The van der Waals surface area contributed by atoms with E-state index in [1.54, 1.807) is 42.7 Å². The summed E-state index contributed by atoms with van der Waals surface area (Å²) in [7, 11) is 4.12. The van der Waals surface area contributed by atoms with Crippen LogP contribution >= 0.6 is 0 Å². The van der Waals surface area contributed by atoms with Gasteiger partial charge in [0.05, 0.1) is 0 Å². The standard InChI is InChI=1S/2C13H21NO6Si.Cu/c2*1-18-21(19-2,20-3)8-4-7-14-9-10-5-6-11(15)13(17)12(10)16;/h2*5-6,9,15-17H,4,7-8H2,1-3H3;/q;;+2/p-2. The Morgan fingerprint density at radius 3 is 1.19 bits per heavy atom. The Kier molecular flexibility index (Phi) is 19.0. The van der Waals surface area contributed by atoms with Crippen LogP contribution < -0.4 is 10.2 Å². The van der Waals surface area contributed by atoms with Crippen molar-refractivity contribution in [3.63, 3.8) is 0 Å². The maximum atomic E-state index is 11.6. The summed E-state index contributed by atoms with van der Waals surface area (Å²) in [6, 6.07) is 6.52. The van der Waals surface area contributed by atoms with Gasteiger partial charge >= 0.3 is 34.7 Å². The fourth-order valence-electron chi connectivity index (χ4n) is 3.57. The van der Waals surface area contributed by atoms with Crippen LogP contribution in [0.25, 0.3) is 0 Å². The van der Waals surface area contributed by atoms with E-state index in [0.717, 1.165) is 0 Å². The number of aromatic hydroxyl groups is 4. The molecule has 0 bridgehead atoms. The van der Waals surface area contributed by atoms with Crippen LogP contribution in [0.3, 0.4) is 0 Å². The van der Waals surface area contributed by atoms with E-state index in [0.29, 0.717) is 38.0 Å². The summed E-state index contributed by atoms with van der Waals surface area (Å²) >= 11 is 0. The quantitative estimate of drug-likeness (QED) is 0.0859. The number of hydrogen-bond acceptors (Lipinski definition) is 14. The number of nitrogens with zero attached hydrogens (tertiary/aromatic N) is 2. The molecule has 43 heavy (non-hydrogen) atoms. The minimum Gasteiger partial charge on any atom is -0.869 e. The molecule has 4 N–H and O–H groups in total. The average Bonchev–Trinajstić information content (AvgIpc) is 3.01. The first kappa shape index (κ1) is 40.3. The average molecular weight is 692 g/mol. The normalized spacial score (nSPS) is 11.9. The topological polar surface area (TPSA) is 207 Å². The summed E-state index contributed by atoms with van der Waals surface area (Å²) in [5, 5.41) is 60.2. The minimum absolute atomic E-state index is 0. The van der Waals surface area contributed by atoms with E-state index in [4.69, 9.17) is 26.6 Å². The maximum absolute atomic E-state index is 11.6. The molecule has 0 aliphatic heterocycles. The number of aliphatic imine (C=N–C) groups is 2. The number of rotatable bonds is 16. The van der Waals surface area contributed by atoms with Gasteiger partial charge in [-0.2, -0.15) is 0 Å². The van der Waals surface area contributed by atoms with Gasteiger partial charge in [0.25, 0.3) is 0 Å². The largest absolute Gasteiger partial charge is 2.00 e. The van der Waals surface area contributed by atoms with Crippen LogP contribution in [0, 0.1) is 0 Å². The van der Waals surface area contributed by atoms with Gasteiger partial charge in [-0.25, -0.2) is 0 Å². The molecule has 0 amide bonds. The third kappa shape index (κ3) is 12.1. The SMILES string of the molecule is CO[Si](CCCN=Cc1ccc(O)c(O)c1[O-])(OC)OC.CO[Si](CCCN=Cc1ccc(O)c(O)c1[O-])(OC)OC.[Cu+2]. The fourth-order valence-corrected chi connectivity index (χ4v) is 6.97.